The van der Waals surface area contributed by atoms with Crippen molar-refractivity contribution in [1.82, 2.24) is 15.1 Å². The largest absolute Gasteiger partial charge is 0.478 e. The molecule has 5 rings (SSSR count). The summed E-state index contributed by atoms with van der Waals surface area (Å²) in [5.41, 5.74) is -0.491. The van der Waals surface area contributed by atoms with Gasteiger partial charge in [-0.1, -0.05) is 53.9 Å². The minimum Gasteiger partial charge on any atom is -0.478 e. The van der Waals surface area contributed by atoms with E-state index in [1.807, 2.05) is 0 Å². The molecule has 9 nitrogen and oxygen atoms in total. The van der Waals surface area contributed by atoms with Crippen LogP contribution in [0.25, 0.3) is 0 Å². The Bertz CT molecular complexity index is 1500. The number of amides is 1. The number of rotatable bonds is 9. The van der Waals surface area contributed by atoms with Gasteiger partial charge in [0.15, 0.2) is 0 Å². The third-order valence-electron chi connectivity index (χ3n) is 8.61. The lowest BCUT2D eigenvalue weighted by Gasteiger charge is -2.40. The van der Waals surface area contributed by atoms with Crippen molar-refractivity contribution in [2.75, 3.05) is 31.9 Å². The molecule has 3 aliphatic rings. The highest BCUT2D eigenvalue weighted by molar-refractivity contribution is 7.85. The third-order valence-corrected chi connectivity index (χ3v) is 10.6. The summed E-state index contributed by atoms with van der Waals surface area (Å²) in [7, 11) is -1.68. The number of hydrogen-bond acceptors (Lipinski definition) is 6. The Labute approximate surface area is 281 Å². The average molecular weight is 697 g/mol. The number of benzene rings is 2. The van der Waals surface area contributed by atoms with Crippen molar-refractivity contribution in [3.05, 3.63) is 86.7 Å². The van der Waals surface area contributed by atoms with Gasteiger partial charge in [0, 0.05) is 51.0 Å². The van der Waals surface area contributed by atoms with Gasteiger partial charge in [0.1, 0.15) is 0 Å². The van der Waals surface area contributed by atoms with Gasteiger partial charge < -0.3 is 25.3 Å². The summed E-state index contributed by atoms with van der Waals surface area (Å²) >= 11 is 13.1. The van der Waals surface area contributed by atoms with E-state index in [2.05, 4.69) is 10.2 Å². The summed E-state index contributed by atoms with van der Waals surface area (Å²) < 4.78 is 13.4. The summed E-state index contributed by atoms with van der Waals surface area (Å²) in [4.78, 5) is 44.1. The first kappa shape index (κ1) is 35.0. The number of hydrogen-bond donors (Lipinski definition) is 3. The van der Waals surface area contributed by atoms with Gasteiger partial charge in [-0.2, -0.15) is 0 Å². The number of halogens is 3. The molecule has 0 spiro atoms. The van der Waals surface area contributed by atoms with Crippen molar-refractivity contribution in [3.8, 4) is 0 Å². The van der Waals surface area contributed by atoms with Crippen molar-refractivity contribution < 1.29 is 28.8 Å². The maximum absolute atomic E-state index is 13.7. The molecule has 0 radical (unpaired) electrons. The van der Waals surface area contributed by atoms with Crippen LogP contribution in [0.1, 0.15) is 50.0 Å². The van der Waals surface area contributed by atoms with Crippen molar-refractivity contribution >= 4 is 64.3 Å². The molecule has 3 aliphatic heterocycles. The van der Waals surface area contributed by atoms with Crippen molar-refractivity contribution in [2.45, 2.75) is 55.4 Å². The fraction of sp³-hybridized carbons (Fsp3) is 0.406. The van der Waals surface area contributed by atoms with Gasteiger partial charge in [-0.05, 0) is 63.0 Å². The molecule has 0 saturated carbocycles. The quantitative estimate of drug-likeness (QED) is 0.316. The molecule has 1 unspecified atom stereocenters. The molecule has 2 aromatic rings. The molecule has 1 amide bonds. The summed E-state index contributed by atoms with van der Waals surface area (Å²) in [6.07, 6.45) is 5.01. The van der Waals surface area contributed by atoms with E-state index in [0.29, 0.717) is 24.0 Å². The number of likely N-dealkylation sites (tertiary alicyclic amines) is 2. The molecular formula is C32H36Cl3N3O6S. The monoisotopic (exact) mass is 695 g/mol. The van der Waals surface area contributed by atoms with Gasteiger partial charge in [-0.15, -0.1) is 12.4 Å². The first-order valence-electron chi connectivity index (χ1n) is 14.7. The Morgan fingerprint density at radius 3 is 1.98 bits per heavy atom. The minimum absolute atomic E-state index is 0. The fourth-order valence-corrected chi connectivity index (χ4v) is 8.19. The Hall–Kier alpha value is -2.89. The molecule has 3 N–H and O–H groups in total. The molecule has 2 atom stereocenters. The lowest BCUT2D eigenvalue weighted by atomic mass is 9.79. The predicted molar refractivity (Wildman–Crippen MR) is 176 cm³/mol. The van der Waals surface area contributed by atoms with Gasteiger partial charge in [-0.3, -0.25) is 9.00 Å². The normalized spacial score (nSPS) is 20.3. The van der Waals surface area contributed by atoms with Crippen LogP contribution in [0.4, 0.5) is 0 Å². The Morgan fingerprint density at radius 1 is 0.822 bits per heavy atom. The molecule has 3 heterocycles. The number of carboxylic acid groups (broad SMARTS) is 2. The zero-order valence-electron chi connectivity index (χ0n) is 24.5. The van der Waals surface area contributed by atoms with Crippen LogP contribution in [0.5, 0.6) is 0 Å². The summed E-state index contributed by atoms with van der Waals surface area (Å²) in [6.45, 7) is 3.26. The van der Waals surface area contributed by atoms with E-state index >= 15 is 0 Å². The molecule has 2 saturated heterocycles. The number of carbonyl (C=O) groups excluding carboxylic acids is 1. The summed E-state index contributed by atoms with van der Waals surface area (Å²) in [5, 5.41) is 24.0. The molecule has 0 aromatic heterocycles. The van der Waals surface area contributed by atoms with Crippen LogP contribution in [0, 0.1) is 0 Å². The van der Waals surface area contributed by atoms with Crippen LogP contribution in [0.15, 0.2) is 76.0 Å². The zero-order chi connectivity index (χ0) is 31.4. The van der Waals surface area contributed by atoms with Crippen molar-refractivity contribution in [3.63, 3.8) is 0 Å². The Balaban J connectivity index is 0.00000461. The number of carboxylic acids is 2. The van der Waals surface area contributed by atoms with Crippen LogP contribution in [0.2, 0.25) is 10.0 Å². The summed E-state index contributed by atoms with van der Waals surface area (Å²) in [5.74, 6) is -4.76. The second-order valence-corrected chi connectivity index (χ2v) is 13.5. The van der Waals surface area contributed by atoms with E-state index < -0.39 is 28.7 Å². The van der Waals surface area contributed by atoms with E-state index in [0.717, 1.165) is 25.9 Å². The SMILES string of the molecule is Cl.O=C(O)C1=C(CC(=O)N2CCC(N3CCCCC3)CC2)NC(C[S@](=O)c2ccccc2)=C(C(=O)O)C1c1c(Cl)cccc1Cl. The minimum atomic E-state index is -1.68. The maximum Gasteiger partial charge on any atom is 0.334 e. The van der Waals surface area contributed by atoms with Crippen LogP contribution in [0.3, 0.4) is 0 Å². The summed E-state index contributed by atoms with van der Waals surface area (Å²) in [6, 6.07) is 13.6. The zero-order valence-corrected chi connectivity index (χ0v) is 27.7. The van der Waals surface area contributed by atoms with Gasteiger partial charge in [0.25, 0.3) is 0 Å². The van der Waals surface area contributed by atoms with E-state index in [1.165, 1.54) is 31.4 Å². The van der Waals surface area contributed by atoms with E-state index in [9.17, 15) is 28.8 Å². The van der Waals surface area contributed by atoms with Gasteiger partial charge >= 0.3 is 11.9 Å². The highest BCUT2D eigenvalue weighted by Gasteiger charge is 2.41. The molecule has 0 bridgehead atoms. The molecule has 2 aromatic carbocycles. The van der Waals surface area contributed by atoms with Gasteiger partial charge in [0.05, 0.1) is 40.0 Å². The van der Waals surface area contributed by atoms with Crippen molar-refractivity contribution in [2.24, 2.45) is 0 Å². The average Bonchev–Trinajstić information content (AvgIpc) is 3.01. The number of carbonyl (C=O) groups is 3. The van der Waals surface area contributed by atoms with Crippen LogP contribution in [-0.2, 0) is 25.2 Å². The third kappa shape index (κ3) is 7.92. The highest BCUT2D eigenvalue weighted by Crippen LogP contribution is 2.45. The Morgan fingerprint density at radius 2 is 1.40 bits per heavy atom. The highest BCUT2D eigenvalue weighted by atomic mass is 35.5. The Kier molecular flexibility index (Phi) is 12.1. The van der Waals surface area contributed by atoms with Gasteiger partial charge in [-0.25, -0.2) is 9.59 Å². The van der Waals surface area contributed by atoms with E-state index in [4.69, 9.17) is 23.2 Å². The maximum atomic E-state index is 13.7. The molecule has 13 heteroatoms. The van der Waals surface area contributed by atoms with Crippen LogP contribution in [-0.4, -0.2) is 80.0 Å². The van der Waals surface area contributed by atoms with Crippen LogP contribution >= 0.6 is 35.6 Å². The van der Waals surface area contributed by atoms with Gasteiger partial charge in [0.2, 0.25) is 5.91 Å². The first-order valence-corrected chi connectivity index (χ1v) is 16.8. The lowest BCUT2D eigenvalue weighted by molar-refractivity contribution is -0.133. The number of aliphatic carboxylic acids is 2. The number of piperidine rings is 2. The molecular weight excluding hydrogens is 661 g/mol. The van der Waals surface area contributed by atoms with Crippen LogP contribution < -0.4 is 5.32 Å². The molecule has 45 heavy (non-hydrogen) atoms. The second kappa shape index (κ2) is 15.6. The molecule has 2 fully saturated rings. The predicted octanol–water partition coefficient (Wildman–Crippen LogP) is 5.45. The molecule has 0 aliphatic carbocycles. The van der Waals surface area contributed by atoms with Crippen molar-refractivity contribution in [1.29, 1.82) is 0 Å². The van der Waals surface area contributed by atoms with E-state index in [-0.39, 0.29) is 68.6 Å². The smallest absolute Gasteiger partial charge is 0.334 e. The number of dihydropyridines is 1. The standard InChI is InChI=1S/C32H35Cl2N3O6S.ClH/c33-22-10-7-11-23(34)27(22)30-28(31(39)40)24(18-26(38)37-16-12-20(13-17-37)36-14-5-2-6-15-36)35-25(29(30)32(41)42)19-44(43)21-8-3-1-4-9-21;/h1,3-4,7-11,20,30,35H,2,5-6,12-19H2,(H,39,40)(H,41,42);1H/t30?,44-;/m0./s1. The van der Waals surface area contributed by atoms with E-state index in [1.54, 1.807) is 41.3 Å². The topological polar surface area (TPSA) is 127 Å². The number of nitrogens with zero attached hydrogens (tertiary/aromatic N) is 2. The fourth-order valence-electron chi connectivity index (χ4n) is 6.46. The first-order chi connectivity index (χ1) is 21.2. The number of nitrogens with one attached hydrogen (secondary N) is 1. The lowest BCUT2D eigenvalue weighted by Crippen LogP contribution is -2.48. The molecule has 242 valence electrons. The second-order valence-electron chi connectivity index (χ2n) is 11.3.